The molecule has 19 heteroatoms. The summed E-state index contributed by atoms with van der Waals surface area (Å²) in [5.41, 5.74) is -1.55. The molecule has 1 fully saturated rings. The number of H-pyrrole nitrogens is 1. The van der Waals surface area contributed by atoms with Gasteiger partial charge in [0.15, 0.2) is 0 Å². The molecule has 1 aliphatic rings. The Bertz CT molecular complexity index is 1040. The number of aliphatic hydroxyl groups is 2. The summed E-state index contributed by atoms with van der Waals surface area (Å²) in [4.78, 5) is 60.9. The van der Waals surface area contributed by atoms with E-state index in [0.29, 0.717) is 0 Å². The molecule has 1 aromatic heterocycles. The molecular formula is C11H19N2O14P3. The van der Waals surface area contributed by atoms with Crippen molar-refractivity contribution in [1.82, 2.24) is 9.55 Å². The van der Waals surface area contributed by atoms with Crippen LogP contribution in [0, 0.1) is 5.92 Å². The fourth-order valence-corrected chi connectivity index (χ4v) is 6.01. The van der Waals surface area contributed by atoms with Crippen LogP contribution < -0.4 is 11.2 Å². The highest BCUT2D eigenvalue weighted by Crippen LogP contribution is 2.66. The lowest BCUT2D eigenvalue weighted by Gasteiger charge is -2.19. The van der Waals surface area contributed by atoms with Gasteiger partial charge in [0, 0.05) is 30.6 Å². The van der Waals surface area contributed by atoms with Crippen molar-refractivity contribution in [2.45, 2.75) is 24.5 Å². The van der Waals surface area contributed by atoms with Crippen molar-refractivity contribution >= 4 is 23.5 Å². The Labute approximate surface area is 167 Å². The highest BCUT2D eigenvalue weighted by atomic mass is 31.3. The van der Waals surface area contributed by atoms with Crippen LogP contribution in [0.15, 0.2) is 15.8 Å². The Morgan fingerprint density at radius 2 is 1.67 bits per heavy atom. The summed E-state index contributed by atoms with van der Waals surface area (Å²) >= 11 is 0. The van der Waals surface area contributed by atoms with Gasteiger partial charge in [0.2, 0.25) is 0 Å². The lowest BCUT2D eigenvalue weighted by molar-refractivity contribution is 0.00204. The zero-order valence-corrected chi connectivity index (χ0v) is 17.7. The van der Waals surface area contributed by atoms with E-state index in [2.05, 4.69) is 13.1 Å². The number of nitrogens with zero attached hydrogens (tertiary/aromatic N) is 1. The fraction of sp³-hybridized carbons (Fsp3) is 0.636. The molecule has 1 saturated carbocycles. The molecule has 172 valence electrons. The van der Waals surface area contributed by atoms with Crippen LogP contribution in [0.25, 0.3) is 0 Å². The monoisotopic (exact) mass is 496 g/mol. The standard InChI is InChI=1S/C11H19N2O14P3/c1-13-3-7(10(16)12-11(13)17)6-2-5(8(14)9(6)15)4-25-29(21,22)27-30(23,24)26-28(18,19)20/h3,5-6,8-9,14-15H,2,4H2,1H3,(H,21,22)(H,23,24)(H,12,16,17)(H2,18,19,20)/t5-,6+,8+,9?/m1/s1. The summed E-state index contributed by atoms with van der Waals surface area (Å²) in [6.45, 7) is -0.817. The number of aromatic nitrogens is 2. The van der Waals surface area contributed by atoms with Gasteiger partial charge >= 0.3 is 29.2 Å². The number of aromatic amines is 1. The van der Waals surface area contributed by atoms with Gasteiger partial charge in [-0.15, -0.1) is 0 Å². The van der Waals surface area contributed by atoms with E-state index in [1.54, 1.807) is 0 Å². The van der Waals surface area contributed by atoms with Crippen molar-refractivity contribution < 1.29 is 56.6 Å². The van der Waals surface area contributed by atoms with E-state index in [1.165, 1.54) is 7.05 Å². The molecule has 0 saturated heterocycles. The molecule has 1 heterocycles. The predicted molar refractivity (Wildman–Crippen MR) is 95.0 cm³/mol. The van der Waals surface area contributed by atoms with Gasteiger partial charge in [0.1, 0.15) is 0 Å². The molecule has 0 aromatic carbocycles. The van der Waals surface area contributed by atoms with E-state index in [1.807, 2.05) is 4.98 Å². The first kappa shape index (κ1) is 25.3. The van der Waals surface area contributed by atoms with Crippen molar-refractivity contribution in [2.24, 2.45) is 13.0 Å². The molecule has 1 aliphatic carbocycles. The lowest BCUT2D eigenvalue weighted by atomic mass is 9.97. The molecule has 0 aliphatic heterocycles. The Balaban J connectivity index is 2.09. The minimum Gasteiger partial charge on any atom is -0.390 e. The van der Waals surface area contributed by atoms with Crippen LogP contribution >= 0.6 is 23.5 Å². The average Bonchev–Trinajstić information content (AvgIpc) is 2.81. The number of nitrogens with one attached hydrogen (secondary N) is 1. The first-order chi connectivity index (χ1) is 13.5. The third kappa shape index (κ3) is 6.50. The molecule has 0 spiro atoms. The van der Waals surface area contributed by atoms with Crippen molar-refractivity contribution in [1.29, 1.82) is 0 Å². The Kier molecular flexibility index (Phi) is 7.47. The van der Waals surface area contributed by atoms with Crippen LogP contribution in [0.2, 0.25) is 0 Å². The Morgan fingerprint density at radius 1 is 1.07 bits per heavy atom. The smallest absolute Gasteiger partial charge is 0.390 e. The molecule has 0 radical (unpaired) electrons. The molecular weight excluding hydrogens is 477 g/mol. The first-order valence-corrected chi connectivity index (χ1v) is 12.5. The summed E-state index contributed by atoms with van der Waals surface area (Å²) in [6.07, 6.45) is -2.07. The van der Waals surface area contributed by atoms with E-state index in [0.717, 1.165) is 10.8 Å². The van der Waals surface area contributed by atoms with Gasteiger partial charge in [0.25, 0.3) is 5.56 Å². The molecule has 7 N–H and O–H groups in total. The zero-order valence-electron chi connectivity index (χ0n) is 15.0. The highest BCUT2D eigenvalue weighted by molar-refractivity contribution is 7.66. The van der Waals surface area contributed by atoms with Crippen molar-refractivity contribution in [2.75, 3.05) is 6.61 Å². The molecule has 1 aromatic rings. The van der Waals surface area contributed by atoms with E-state index >= 15 is 0 Å². The average molecular weight is 496 g/mol. The molecule has 3 unspecified atom stereocenters. The van der Waals surface area contributed by atoms with E-state index in [-0.39, 0.29) is 12.0 Å². The van der Waals surface area contributed by atoms with Gasteiger partial charge in [-0.25, -0.2) is 18.5 Å². The second kappa shape index (κ2) is 8.87. The normalized spacial score (nSPS) is 28.8. The van der Waals surface area contributed by atoms with Crippen LogP contribution in [0.5, 0.6) is 0 Å². The van der Waals surface area contributed by atoms with Crippen molar-refractivity contribution in [3.8, 4) is 0 Å². The highest BCUT2D eigenvalue weighted by Gasteiger charge is 2.46. The lowest BCUT2D eigenvalue weighted by Crippen LogP contribution is -2.34. The SMILES string of the molecule is Cn1cc([C@@H]2C[C@H](COP(=O)(O)OP(=O)(O)OP(=O)(O)O)[C@H](O)C2O)c(=O)[nH]c1=O. The molecule has 30 heavy (non-hydrogen) atoms. The third-order valence-corrected chi connectivity index (χ3v) is 8.01. The van der Waals surface area contributed by atoms with E-state index < -0.39 is 65.4 Å². The Hall–Kier alpha value is -0.990. The fourth-order valence-electron chi connectivity index (χ4n) is 2.94. The topological polar surface area (TPSA) is 255 Å². The molecule has 16 nitrogen and oxygen atoms in total. The largest absolute Gasteiger partial charge is 0.490 e. The minimum atomic E-state index is -5.69. The first-order valence-electron chi connectivity index (χ1n) is 7.96. The summed E-state index contributed by atoms with van der Waals surface area (Å²) in [7, 11) is -15.3. The zero-order chi connectivity index (χ0) is 23.1. The summed E-state index contributed by atoms with van der Waals surface area (Å²) < 4.78 is 46.2. The van der Waals surface area contributed by atoms with E-state index in [9.17, 15) is 38.4 Å². The van der Waals surface area contributed by atoms with E-state index in [4.69, 9.17) is 14.7 Å². The van der Waals surface area contributed by atoms with Crippen LogP contribution in [0.1, 0.15) is 17.9 Å². The number of rotatable bonds is 8. The molecule has 0 amide bonds. The number of phosphoric acid groups is 3. The third-order valence-electron chi connectivity index (χ3n) is 4.20. The van der Waals surface area contributed by atoms with Gasteiger partial charge in [-0.05, 0) is 6.42 Å². The predicted octanol–water partition coefficient (Wildman–Crippen LogP) is -1.76. The maximum absolute atomic E-state index is 12.0. The van der Waals surface area contributed by atoms with Gasteiger partial charge in [-0.1, -0.05) is 0 Å². The van der Waals surface area contributed by atoms with Crippen LogP contribution in [-0.2, 0) is 33.9 Å². The maximum Gasteiger partial charge on any atom is 0.490 e. The number of aryl methyl sites for hydroxylation is 1. The second-order valence-electron chi connectivity index (χ2n) is 6.42. The van der Waals surface area contributed by atoms with Crippen LogP contribution in [-0.4, -0.2) is 58.2 Å². The van der Waals surface area contributed by atoms with Crippen LogP contribution in [0.4, 0.5) is 0 Å². The number of phosphoric ester groups is 1. The van der Waals surface area contributed by atoms with Gasteiger partial charge in [-0.3, -0.25) is 14.3 Å². The van der Waals surface area contributed by atoms with Crippen molar-refractivity contribution in [3.63, 3.8) is 0 Å². The molecule has 2 rings (SSSR count). The number of hydrogen-bond acceptors (Lipinski definition) is 10. The number of hydrogen-bond donors (Lipinski definition) is 7. The molecule has 0 bridgehead atoms. The van der Waals surface area contributed by atoms with Crippen molar-refractivity contribution in [3.05, 3.63) is 32.6 Å². The van der Waals surface area contributed by atoms with Crippen LogP contribution in [0.3, 0.4) is 0 Å². The number of aliphatic hydroxyl groups excluding tert-OH is 2. The van der Waals surface area contributed by atoms with Gasteiger partial charge in [0.05, 0.1) is 18.8 Å². The quantitative estimate of drug-likeness (QED) is 0.197. The Morgan fingerprint density at radius 3 is 2.23 bits per heavy atom. The van der Waals surface area contributed by atoms with Gasteiger partial charge in [-0.2, -0.15) is 8.62 Å². The summed E-state index contributed by atoms with van der Waals surface area (Å²) in [5.74, 6) is -2.04. The van der Waals surface area contributed by atoms with Gasteiger partial charge < -0.3 is 34.4 Å². The minimum absolute atomic E-state index is 0.0375. The summed E-state index contributed by atoms with van der Waals surface area (Å²) in [6, 6.07) is 0. The summed E-state index contributed by atoms with van der Waals surface area (Å²) in [5, 5.41) is 20.3. The molecule has 6 atom stereocenters. The maximum atomic E-state index is 12.0. The second-order valence-corrected chi connectivity index (χ2v) is 10.8.